The number of hydrogen-bond donors (Lipinski definition) is 3. The summed E-state index contributed by atoms with van der Waals surface area (Å²) in [7, 11) is 1.55. The van der Waals surface area contributed by atoms with Gasteiger partial charge in [0, 0.05) is 20.2 Å². The zero-order valence-corrected chi connectivity index (χ0v) is 11.6. The van der Waals surface area contributed by atoms with Gasteiger partial charge >= 0.3 is 0 Å². The quantitative estimate of drug-likeness (QED) is 0.550. The molecule has 0 aromatic carbocycles. The highest BCUT2D eigenvalue weighted by atomic mass is 16.5. The summed E-state index contributed by atoms with van der Waals surface area (Å²) < 4.78 is 4.80. The molecule has 1 aromatic rings. The molecule has 20 heavy (non-hydrogen) atoms. The maximum absolute atomic E-state index is 11.8. The molecule has 3 N–H and O–H groups in total. The number of nitrogens with zero attached hydrogens (tertiary/aromatic N) is 2. The first kappa shape index (κ1) is 15.8. The van der Waals surface area contributed by atoms with Gasteiger partial charge in [-0.25, -0.2) is 4.98 Å². The zero-order chi connectivity index (χ0) is 14.8. The minimum Gasteiger partial charge on any atom is -0.383 e. The van der Waals surface area contributed by atoms with Crippen molar-refractivity contribution in [1.82, 2.24) is 20.6 Å². The van der Waals surface area contributed by atoms with Crippen molar-refractivity contribution < 1.29 is 14.3 Å². The molecule has 1 heterocycles. The van der Waals surface area contributed by atoms with E-state index in [4.69, 9.17) is 4.74 Å². The van der Waals surface area contributed by atoms with Crippen LogP contribution in [0.25, 0.3) is 0 Å². The van der Waals surface area contributed by atoms with E-state index in [0.717, 1.165) is 0 Å². The number of nitrogens with one attached hydrogen (secondary N) is 3. The van der Waals surface area contributed by atoms with E-state index in [0.29, 0.717) is 25.5 Å². The van der Waals surface area contributed by atoms with E-state index in [-0.39, 0.29) is 18.1 Å². The summed E-state index contributed by atoms with van der Waals surface area (Å²) in [6, 6.07) is 0. The molecule has 2 amide bonds. The monoisotopic (exact) mass is 281 g/mol. The number of aromatic nitrogens is 2. The predicted molar refractivity (Wildman–Crippen MR) is 73.4 cm³/mol. The first-order valence-corrected chi connectivity index (χ1v) is 6.27. The Morgan fingerprint density at radius 2 is 2.10 bits per heavy atom. The van der Waals surface area contributed by atoms with Crippen molar-refractivity contribution in [2.45, 2.75) is 6.92 Å². The van der Waals surface area contributed by atoms with E-state index in [2.05, 4.69) is 25.9 Å². The maximum atomic E-state index is 11.8. The van der Waals surface area contributed by atoms with Gasteiger partial charge in [0.05, 0.1) is 25.5 Å². The van der Waals surface area contributed by atoms with E-state index in [1.54, 1.807) is 7.11 Å². The first-order chi connectivity index (χ1) is 9.67. The molecule has 0 aliphatic heterocycles. The lowest BCUT2D eigenvalue weighted by atomic mass is 10.4. The van der Waals surface area contributed by atoms with Crippen molar-refractivity contribution in [2.75, 3.05) is 38.7 Å². The van der Waals surface area contributed by atoms with Crippen LogP contribution >= 0.6 is 0 Å². The fourth-order valence-corrected chi connectivity index (χ4v) is 1.35. The Morgan fingerprint density at radius 1 is 1.30 bits per heavy atom. The van der Waals surface area contributed by atoms with Crippen LogP contribution in [-0.4, -0.2) is 55.1 Å². The highest BCUT2D eigenvalue weighted by Gasteiger charge is 2.10. The highest BCUT2D eigenvalue weighted by molar-refractivity contribution is 5.94. The number of hydrogen-bond acceptors (Lipinski definition) is 6. The van der Waals surface area contributed by atoms with Crippen LogP contribution in [0.15, 0.2) is 12.4 Å². The number of anilines is 1. The van der Waals surface area contributed by atoms with Gasteiger partial charge < -0.3 is 20.7 Å². The molecule has 0 saturated carbocycles. The third kappa shape index (κ3) is 5.61. The second kappa shape index (κ2) is 8.81. The minimum atomic E-state index is -0.445. The summed E-state index contributed by atoms with van der Waals surface area (Å²) in [5, 5.41) is 8.02. The number of carbonyl (C=O) groups is 2. The standard InChI is InChI=1S/C12H19N5O3/c1-3-14-10-7-13-6-9(17-10)12(19)16-8-11(18)15-4-5-20-2/h6-7H,3-5,8H2,1-2H3,(H,14,17)(H,15,18)(H,16,19). The fourth-order valence-electron chi connectivity index (χ4n) is 1.35. The normalized spacial score (nSPS) is 9.90. The van der Waals surface area contributed by atoms with Gasteiger partial charge in [0.25, 0.3) is 5.91 Å². The van der Waals surface area contributed by atoms with E-state index < -0.39 is 5.91 Å². The van der Waals surface area contributed by atoms with E-state index in [1.165, 1.54) is 12.4 Å². The summed E-state index contributed by atoms with van der Waals surface area (Å²) in [6.07, 6.45) is 2.87. The van der Waals surface area contributed by atoms with Gasteiger partial charge in [0.15, 0.2) is 0 Å². The van der Waals surface area contributed by atoms with Crippen LogP contribution in [0.2, 0.25) is 0 Å². The van der Waals surface area contributed by atoms with Crippen molar-refractivity contribution in [3.8, 4) is 0 Å². The molecule has 8 heteroatoms. The topological polar surface area (TPSA) is 105 Å². The van der Waals surface area contributed by atoms with Gasteiger partial charge in [-0.15, -0.1) is 0 Å². The minimum absolute atomic E-state index is 0.115. The number of rotatable bonds is 8. The predicted octanol–water partition coefficient (Wildman–Crippen LogP) is -0.599. The van der Waals surface area contributed by atoms with Gasteiger partial charge in [0.2, 0.25) is 5.91 Å². The fraction of sp³-hybridized carbons (Fsp3) is 0.500. The lowest BCUT2D eigenvalue weighted by Gasteiger charge is -2.07. The third-order valence-corrected chi connectivity index (χ3v) is 2.26. The zero-order valence-electron chi connectivity index (χ0n) is 11.6. The SMILES string of the molecule is CCNc1cncc(C(=O)NCC(=O)NCCOC)n1. The summed E-state index contributed by atoms with van der Waals surface area (Å²) in [5.41, 5.74) is 0.160. The molecule has 0 radical (unpaired) electrons. The molecular weight excluding hydrogens is 262 g/mol. The molecule has 0 aliphatic carbocycles. The Morgan fingerprint density at radius 3 is 2.80 bits per heavy atom. The van der Waals surface area contributed by atoms with Crippen LogP contribution < -0.4 is 16.0 Å². The summed E-state index contributed by atoms with van der Waals surface area (Å²) >= 11 is 0. The molecule has 0 saturated heterocycles. The Hall–Kier alpha value is -2.22. The lowest BCUT2D eigenvalue weighted by molar-refractivity contribution is -0.120. The molecule has 0 aliphatic rings. The highest BCUT2D eigenvalue weighted by Crippen LogP contribution is 2.01. The van der Waals surface area contributed by atoms with Crippen LogP contribution in [-0.2, 0) is 9.53 Å². The molecule has 0 unspecified atom stereocenters. The Balaban J connectivity index is 2.42. The number of amides is 2. The van der Waals surface area contributed by atoms with Crippen molar-refractivity contribution in [3.63, 3.8) is 0 Å². The Bertz CT molecular complexity index is 452. The third-order valence-electron chi connectivity index (χ3n) is 2.26. The summed E-state index contributed by atoms with van der Waals surface area (Å²) in [5.74, 6) is -0.213. The summed E-state index contributed by atoms with van der Waals surface area (Å²) in [6.45, 7) is 3.31. The molecule has 0 bridgehead atoms. The second-order valence-electron chi connectivity index (χ2n) is 3.85. The smallest absolute Gasteiger partial charge is 0.272 e. The first-order valence-electron chi connectivity index (χ1n) is 6.27. The van der Waals surface area contributed by atoms with E-state index in [1.807, 2.05) is 6.92 Å². The molecule has 1 rings (SSSR count). The molecule has 0 atom stereocenters. The van der Waals surface area contributed by atoms with Crippen LogP contribution in [0.3, 0.4) is 0 Å². The van der Waals surface area contributed by atoms with Crippen LogP contribution in [0, 0.1) is 0 Å². The van der Waals surface area contributed by atoms with E-state index in [9.17, 15) is 9.59 Å². The van der Waals surface area contributed by atoms with Crippen molar-refractivity contribution in [2.24, 2.45) is 0 Å². The molecule has 1 aromatic heterocycles. The van der Waals surface area contributed by atoms with E-state index >= 15 is 0 Å². The Kier molecular flexibility index (Phi) is 6.97. The van der Waals surface area contributed by atoms with Gasteiger partial charge in [0.1, 0.15) is 11.5 Å². The average Bonchev–Trinajstić information content (AvgIpc) is 2.46. The number of carbonyl (C=O) groups excluding carboxylic acids is 2. The number of ether oxygens (including phenoxy) is 1. The Labute approximate surface area is 117 Å². The molecule has 8 nitrogen and oxygen atoms in total. The summed E-state index contributed by atoms with van der Waals surface area (Å²) in [4.78, 5) is 31.2. The van der Waals surface area contributed by atoms with Crippen LogP contribution in [0.4, 0.5) is 5.82 Å². The van der Waals surface area contributed by atoms with Gasteiger partial charge in [-0.3, -0.25) is 14.6 Å². The number of methoxy groups -OCH3 is 1. The second-order valence-corrected chi connectivity index (χ2v) is 3.85. The molecule has 0 spiro atoms. The van der Waals surface area contributed by atoms with Crippen molar-refractivity contribution >= 4 is 17.6 Å². The average molecular weight is 281 g/mol. The lowest BCUT2D eigenvalue weighted by Crippen LogP contribution is -2.38. The van der Waals surface area contributed by atoms with Gasteiger partial charge in [-0.1, -0.05) is 0 Å². The molecular formula is C12H19N5O3. The van der Waals surface area contributed by atoms with Crippen molar-refractivity contribution in [3.05, 3.63) is 18.1 Å². The van der Waals surface area contributed by atoms with Crippen molar-refractivity contribution in [1.29, 1.82) is 0 Å². The van der Waals surface area contributed by atoms with Gasteiger partial charge in [-0.05, 0) is 6.92 Å². The molecule has 110 valence electrons. The van der Waals surface area contributed by atoms with Crippen LogP contribution in [0.5, 0.6) is 0 Å². The largest absolute Gasteiger partial charge is 0.383 e. The van der Waals surface area contributed by atoms with Gasteiger partial charge in [-0.2, -0.15) is 0 Å². The molecule has 0 fully saturated rings. The van der Waals surface area contributed by atoms with Crippen LogP contribution in [0.1, 0.15) is 17.4 Å². The maximum Gasteiger partial charge on any atom is 0.272 e.